The summed E-state index contributed by atoms with van der Waals surface area (Å²) >= 11 is 0. The molecule has 0 radical (unpaired) electrons. The second-order valence-electron chi connectivity index (χ2n) is 7.65. The summed E-state index contributed by atoms with van der Waals surface area (Å²) in [7, 11) is 2.10. The molecule has 1 saturated heterocycles. The number of ether oxygens (including phenoxy) is 2. The molecule has 0 aliphatic carbocycles. The fourth-order valence-corrected chi connectivity index (χ4v) is 4.01. The number of hydrogen-bond acceptors (Lipinski definition) is 7. The van der Waals surface area contributed by atoms with Crippen LogP contribution >= 0.6 is 0 Å². The Bertz CT molecular complexity index is 1030. The zero-order chi connectivity index (χ0) is 20.5. The van der Waals surface area contributed by atoms with E-state index in [1.165, 1.54) is 6.07 Å². The summed E-state index contributed by atoms with van der Waals surface area (Å²) in [4.78, 5) is 4.52. The average Bonchev–Trinajstić information content (AvgIpc) is 3.40. The van der Waals surface area contributed by atoms with Crippen molar-refractivity contribution in [1.82, 2.24) is 30.0 Å². The number of piperazine rings is 1. The van der Waals surface area contributed by atoms with E-state index in [0.29, 0.717) is 23.7 Å². The van der Waals surface area contributed by atoms with E-state index in [4.69, 9.17) is 9.47 Å². The van der Waals surface area contributed by atoms with Gasteiger partial charge in [0.2, 0.25) is 6.79 Å². The molecule has 30 heavy (non-hydrogen) atoms. The van der Waals surface area contributed by atoms with Crippen LogP contribution in [0.1, 0.15) is 23.0 Å². The Labute approximate surface area is 173 Å². The van der Waals surface area contributed by atoms with Crippen LogP contribution in [-0.2, 0) is 6.54 Å². The van der Waals surface area contributed by atoms with Gasteiger partial charge in [0.25, 0.3) is 0 Å². The minimum atomic E-state index is -0.357. The van der Waals surface area contributed by atoms with Gasteiger partial charge in [-0.05, 0) is 41.2 Å². The highest BCUT2D eigenvalue weighted by Crippen LogP contribution is 2.34. The van der Waals surface area contributed by atoms with Gasteiger partial charge in [-0.3, -0.25) is 4.90 Å². The average molecular weight is 410 g/mol. The van der Waals surface area contributed by atoms with Gasteiger partial charge in [0.05, 0.1) is 6.54 Å². The Kier molecular flexibility index (Phi) is 5.06. The SMILES string of the molecule is CN1CCN([C@@H](c2ccccc2F)c2nnnn2Cc2ccc3c(c2)OCO3)CC1. The highest BCUT2D eigenvalue weighted by atomic mass is 19.1. The lowest BCUT2D eigenvalue weighted by molar-refractivity contribution is 0.120. The lowest BCUT2D eigenvalue weighted by Crippen LogP contribution is -2.47. The fourth-order valence-electron chi connectivity index (χ4n) is 4.01. The van der Waals surface area contributed by atoms with E-state index in [-0.39, 0.29) is 18.7 Å². The van der Waals surface area contributed by atoms with E-state index in [1.54, 1.807) is 10.7 Å². The standard InChI is InChI=1S/C21H23FN6O2/c1-26-8-10-27(11-9-26)20(16-4-2-3-5-17(16)22)21-23-24-25-28(21)13-15-6-7-18-19(12-15)30-14-29-18/h2-7,12,20H,8-11,13-14H2,1H3/t20-/m0/s1. The zero-order valence-corrected chi connectivity index (χ0v) is 16.7. The summed E-state index contributed by atoms with van der Waals surface area (Å²) in [5.41, 5.74) is 1.57. The molecule has 5 rings (SSSR count). The summed E-state index contributed by atoms with van der Waals surface area (Å²) in [6.07, 6.45) is 0. The summed E-state index contributed by atoms with van der Waals surface area (Å²) in [6, 6.07) is 12.3. The van der Waals surface area contributed by atoms with Crippen molar-refractivity contribution < 1.29 is 13.9 Å². The second-order valence-corrected chi connectivity index (χ2v) is 7.65. The first-order valence-corrected chi connectivity index (χ1v) is 10.0. The molecule has 1 atom stereocenters. The molecule has 0 unspecified atom stereocenters. The molecule has 0 N–H and O–H groups in total. The minimum Gasteiger partial charge on any atom is -0.454 e. The van der Waals surface area contributed by atoms with Gasteiger partial charge in [-0.2, -0.15) is 0 Å². The van der Waals surface area contributed by atoms with E-state index in [1.807, 2.05) is 30.3 Å². The monoisotopic (exact) mass is 410 g/mol. The predicted molar refractivity (Wildman–Crippen MR) is 107 cm³/mol. The highest BCUT2D eigenvalue weighted by Gasteiger charge is 2.31. The van der Waals surface area contributed by atoms with Gasteiger partial charge in [-0.25, -0.2) is 9.07 Å². The molecule has 2 aromatic carbocycles. The normalized spacial score (nSPS) is 17.9. The first-order valence-electron chi connectivity index (χ1n) is 10.0. The van der Waals surface area contributed by atoms with Crippen molar-refractivity contribution in [2.45, 2.75) is 12.6 Å². The van der Waals surface area contributed by atoms with E-state index in [9.17, 15) is 4.39 Å². The number of benzene rings is 2. The van der Waals surface area contributed by atoms with Crippen molar-refractivity contribution in [3.05, 3.63) is 65.2 Å². The Morgan fingerprint density at radius 1 is 1.03 bits per heavy atom. The summed E-state index contributed by atoms with van der Waals surface area (Å²) in [5.74, 6) is 1.82. The molecule has 3 aromatic rings. The predicted octanol–water partition coefficient (Wildman–Crippen LogP) is 1.93. The van der Waals surface area contributed by atoms with E-state index in [2.05, 4.69) is 32.4 Å². The lowest BCUT2D eigenvalue weighted by atomic mass is 10.0. The van der Waals surface area contributed by atoms with Crippen molar-refractivity contribution in [3.63, 3.8) is 0 Å². The number of halogens is 1. The van der Waals surface area contributed by atoms with Crippen molar-refractivity contribution in [1.29, 1.82) is 0 Å². The molecule has 8 nitrogen and oxygen atoms in total. The number of aromatic nitrogens is 4. The molecule has 0 amide bonds. The van der Waals surface area contributed by atoms with Crippen molar-refractivity contribution >= 4 is 0 Å². The number of likely N-dealkylation sites (N-methyl/N-ethyl adjacent to an activating group) is 1. The molecular weight excluding hydrogens is 387 g/mol. The van der Waals surface area contributed by atoms with Gasteiger partial charge in [0.1, 0.15) is 11.9 Å². The van der Waals surface area contributed by atoms with Crippen molar-refractivity contribution in [3.8, 4) is 11.5 Å². The van der Waals surface area contributed by atoms with E-state index < -0.39 is 0 Å². The van der Waals surface area contributed by atoms with Crippen LogP contribution in [0.3, 0.4) is 0 Å². The summed E-state index contributed by atoms with van der Waals surface area (Å²) < 4.78 is 27.4. The van der Waals surface area contributed by atoms with Crippen LogP contribution < -0.4 is 9.47 Å². The largest absolute Gasteiger partial charge is 0.454 e. The first-order chi connectivity index (χ1) is 14.7. The fraction of sp³-hybridized carbons (Fsp3) is 0.381. The Hall–Kier alpha value is -3.04. The van der Waals surface area contributed by atoms with Gasteiger partial charge < -0.3 is 14.4 Å². The molecule has 3 heterocycles. The number of fused-ring (bicyclic) bond motifs is 1. The maximum atomic E-state index is 14.8. The molecule has 9 heteroatoms. The third kappa shape index (κ3) is 3.61. The van der Waals surface area contributed by atoms with Crippen LogP contribution in [0, 0.1) is 5.82 Å². The molecule has 2 aliphatic rings. The van der Waals surface area contributed by atoms with Crippen LogP contribution in [0.25, 0.3) is 0 Å². The third-order valence-electron chi connectivity index (χ3n) is 5.68. The van der Waals surface area contributed by atoms with Gasteiger partial charge in [0.15, 0.2) is 17.3 Å². The van der Waals surface area contributed by atoms with Crippen molar-refractivity contribution in [2.75, 3.05) is 40.0 Å². The number of hydrogen-bond donors (Lipinski definition) is 0. The Morgan fingerprint density at radius 3 is 2.67 bits per heavy atom. The molecular formula is C21H23FN6O2. The topological polar surface area (TPSA) is 68.5 Å². The first kappa shape index (κ1) is 19.0. The number of nitrogens with zero attached hydrogens (tertiary/aromatic N) is 6. The maximum absolute atomic E-state index is 14.8. The summed E-state index contributed by atoms with van der Waals surface area (Å²) in [5, 5.41) is 12.5. The Balaban J connectivity index is 1.49. The quantitative estimate of drug-likeness (QED) is 0.637. The van der Waals surface area contributed by atoms with Crippen LogP contribution in [-0.4, -0.2) is 70.0 Å². The number of tetrazole rings is 1. The molecule has 156 valence electrons. The molecule has 1 aromatic heterocycles. The van der Waals surface area contributed by atoms with Gasteiger partial charge in [-0.1, -0.05) is 24.3 Å². The van der Waals surface area contributed by atoms with Gasteiger partial charge in [0, 0.05) is 31.7 Å². The zero-order valence-electron chi connectivity index (χ0n) is 16.7. The van der Waals surface area contributed by atoms with Crippen LogP contribution in [0.15, 0.2) is 42.5 Å². The lowest BCUT2D eigenvalue weighted by Gasteiger charge is -2.37. The smallest absolute Gasteiger partial charge is 0.231 e. The van der Waals surface area contributed by atoms with E-state index in [0.717, 1.165) is 37.5 Å². The maximum Gasteiger partial charge on any atom is 0.231 e. The number of rotatable bonds is 5. The Morgan fingerprint density at radius 2 is 1.83 bits per heavy atom. The van der Waals surface area contributed by atoms with Crippen LogP contribution in [0.4, 0.5) is 4.39 Å². The molecule has 1 fully saturated rings. The van der Waals surface area contributed by atoms with Crippen molar-refractivity contribution in [2.24, 2.45) is 0 Å². The minimum absolute atomic E-state index is 0.230. The van der Waals surface area contributed by atoms with Crippen LogP contribution in [0.2, 0.25) is 0 Å². The third-order valence-corrected chi connectivity index (χ3v) is 5.68. The molecule has 0 bridgehead atoms. The summed E-state index contributed by atoms with van der Waals surface area (Å²) in [6.45, 7) is 4.13. The highest BCUT2D eigenvalue weighted by molar-refractivity contribution is 5.44. The molecule has 2 aliphatic heterocycles. The van der Waals surface area contributed by atoms with Crippen LogP contribution in [0.5, 0.6) is 11.5 Å². The van der Waals surface area contributed by atoms with Gasteiger partial charge >= 0.3 is 0 Å². The van der Waals surface area contributed by atoms with Gasteiger partial charge in [-0.15, -0.1) is 5.10 Å². The molecule has 0 saturated carbocycles. The molecule has 0 spiro atoms. The van der Waals surface area contributed by atoms with E-state index >= 15 is 0 Å². The second kappa shape index (κ2) is 8.00.